The van der Waals surface area contributed by atoms with Gasteiger partial charge in [0.15, 0.2) is 0 Å². The lowest BCUT2D eigenvalue weighted by Gasteiger charge is -2.30. The van der Waals surface area contributed by atoms with E-state index >= 15 is 0 Å². The number of aryl methyl sites for hydroxylation is 2. The number of carbonyl (C=O) groups excluding carboxylic acids is 2. The van der Waals surface area contributed by atoms with Crippen LogP contribution in [0, 0.1) is 13.8 Å². The van der Waals surface area contributed by atoms with Crippen LogP contribution in [0.25, 0.3) is 0 Å². The Kier molecular flexibility index (Phi) is 7.89. The van der Waals surface area contributed by atoms with E-state index in [1.54, 1.807) is 13.2 Å². The summed E-state index contributed by atoms with van der Waals surface area (Å²) in [4.78, 5) is 27.6. The lowest BCUT2D eigenvalue weighted by atomic mass is 10.1. The molecule has 0 aromatic heterocycles. The fourth-order valence-electron chi connectivity index (χ4n) is 3.68. The van der Waals surface area contributed by atoms with Crippen LogP contribution in [0.4, 0.5) is 21.9 Å². The number of ether oxygens (including phenoxy) is 1. The van der Waals surface area contributed by atoms with Crippen molar-refractivity contribution in [2.75, 3.05) is 48.9 Å². The number of hydrogen-bond acceptors (Lipinski definition) is 4. The Hall–Kier alpha value is -3.06. The molecule has 0 radical (unpaired) electrons. The number of urea groups is 1. The van der Waals surface area contributed by atoms with Crippen LogP contribution < -0.4 is 20.9 Å². The van der Waals surface area contributed by atoms with Gasteiger partial charge in [-0.15, -0.1) is 0 Å². The number of amides is 3. The summed E-state index contributed by atoms with van der Waals surface area (Å²) in [5, 5.41) is 8.59. The third kappa shape index (κ3) is 6.21. The molecule has 2 aromatic rings. The summed E-state index contributed by atoms with van der Waals surface area (Å²) < 4.78 is 5.03. The van der Waals surface area contributed by atoms with Gasteiger partial charge in [-0.25, -0.2) is 4.79 Å². The molecule has 3 rings (SSSR count). The summed E-state index contributed by atoms with van der Waals surface area (Å²) in [5.74, 6) is -0.171. The van der Waals surface area contributed by atoms with Crippen molar-refractivity contribution in [1.29, 1.82) is 0 Å². The van der Waals surface area contributed by atoms with Gasteiger partial charge in [0.05, 0.1) is 12.2 Å². The zero-order valence-electron chi connectivity index (χ0n) is 18.6. The first-order valence-electron chi connectivity index (χ1n) is 10.8. The maximum atomic E-state index is 12.9. The minimum absolute atomic E-state index is 0.171. The SMILES string of the molecule is COCCNC(=O)c1cc(NC(=O)Nc2ccc(C)c(C)c2)ccc1N1CCCCC1. The first kappa shape index (κ1) is 22.6. The van der Waals surface area contributed by atoms with E-state index in [4.69, 9.17) is 4.74 Å². The number of benzene rings is 2. The number of carbonyl (C=O) groups is 2. The number of methoxy groups -OCH3 is 1. The zero-order valence-corrected chi connectivity index (χ0v) is 18.6. The topological polar surface area (TPSA) is 82.7 Å². The van der Waals surface area contributed by atoms with Gasteiger partial charge in [-0.2, -0.15) is 0 Å². The lowest BCUT2D eigenvalue weighted by molar-refractivity contribution is 0.0937. The van der Waals surface area contributed by atoms with Crippen LogP contribution in [0.5, 0.6) is 0 Å². The van der Waals surface area contributed by atoms with E-state index in [0.29, 0.717) is 24.4 Å². The van der Waals surface area contributed by atoms with E-state index in [1.165, 1.54) is 12.0 Å². The molecular formula is C24H32N4O3. The highest BCUT2D eigenvalue weighted by Gasteiger charge is 2.19. The van der Waals surface area contributed by atoms with Crippen molar-refractivity contribution in [3.63, 3.8) is 0 Å². The van der Waals surface area contributed by atoms with Gasteiger partial charge in [0, 0.05) is 43.8 Å². The normalized spacial score (nSPS) is 13.6. The predicted molar refractivity (Wildman–Crippen MR) is 125 cm³/mol. The van der Waals surface area contributed by atoms with Gasteiger partial charge in [0.1, 0.15) is 0 Å². The Bertz CT molecular complexity index is 923. The molecule has 0 saturated carbocycles. The van der Waals surface area contributed by atoms with E-state index in [-0.39, 0.29) is 11.9 Å². The Balaban J connectivity index is 1.76. The molecule has 1 heterocycles. The van der Waals surface area contributed by atoms with Gasteiger partial charge < -0.3 is 25.6 Å². The zero-order chi connectivity index (χ0) is 22.2. The second-order valence-corrected chi connectivity index (χ2v) is 7.91. The Morgan fingerprint density at radius 2 is 1.61 bits per heavy atom. The number of hydrogen-bond donors (Lipinski definition) is 3. The van der Waals surface area contributed by atoms with Crippen molar-refractivity contribution in [2.24, 2.45) is 0 Å². The van der Waals surface area contributed by atoms with Crippen molar-refractivity contribution < 1.29 is 14.3 Å². The van der Waals surface area contributed by atoms with Gasteiger partial charge in [0.25, 0.3) is 5.91 Å². The molecule has 7 heteroatoms. The molecule has 0 aliphatic carbocycles. The standard InChI is InChI=1S/C24H32N4O3/c1-17-7-8-19(15-18(17)2)26-24(30)27-20-9-10-22(28-12-5-4-6-13-28)21(16-20)23(29)25-11-14-31-3/h7-10,15-16H,4-6,11-14H2,1-3H3,(H,25,29)(H2,26,27,30). The molecule has 1 aliphatic rings. The third-order valence-electron chi connectivity index (χ3n) is 5.55. The van der Waals surface area contributed by atoms with Crippen LogP contribution in [0.3, 0.4) is 0 Å². The van der Waals surface area contributed by atoms with Crippen molar-refractivity contribution in [3.05, 3.63) is 53.1 Å². The molecule has 0 bridgehead atoms. The Morgan fingerprint density at radius 1 is 0.935 bits per heavy atom. The molecular weight excluding hydrogens is 392 g/mol. The summed E-state index contributed by atoms with van der Waals surface area (Å²) in [6.45, 7) is 6.77. The van der Waals surface area contributed by atoms with Crippen molar-refractivity contribution in [2.45, 2.75) is 33.1 Å². The first-order valence-corrected chi connectivity index (χ1v) is 10.8. The fourth-order valence-corrected chi connectivity index (χ4v) is 3.68. The van der Waals surface area contributed by atoms with Crippen LogP contribution in [0.15, 0.2) is 36.4 Å². The van der Waals surface area contributed by atoms with Crippen LogP contribution >= 0.6 is 0 Å². The number of anilines is 3. The molecule has 3 N–H and O–H groups in total. The largest absolute Gasteiger partial charge is 0.383 e. The smallest absolute Gasteiger partial charge is 0.323 e. The van der Waals surface area contributed by atoms with Gasteiger partial charge in [-0.3, -0.25) is 4.79 Å². The minimum Gasteiger partial charge on any atom is -0.383 e. The molecule has 2 aromatic carbocycles. The number of piperidine rings is 1. The molecule has 31 heavy (non-hydrogen) atoms. The summed E-state index contributed by atoms with van der Waals surface area (Å²) in [7, 11) is 1.60. The third-order valence-corrected chi connectivity index (χ3v) is 5.55. The van der Waals surface area contributed by atoms with Gasteiger partial charge in [0.2, 0.25) is 0 Å². The van der Waals surface area contributed by atoms with E-state index in [1.807, 2.05) is 44.2 Å². The second-order valence-electron chi connectivity index (χ2n) is 7.91. The number of rotatable bonds is 7. The molecule has 0 unspecified atom stereocenters. The Labute approximate surface area is 184 Å². The van der Waals surface area contributed by atoms with Gasteiger partial charge in [-0.05, 0) is 74.6 Å². The molecule has 1 fully saturated rings. The quantitative estimate of drug-likeness (QED) is 0.578. The summed E-state index contributed by atoms with van der Waals surface area (Å²) in [6, 6.07) is 10.9. The van der Waals surface area contributed by atoms with E-state index in [0.717, 1.165) is 42.9 Å². The van der Waals surface area contributed by atoms with Crippen LogP contribution in [-0.4, -0.2) is 45.3 Å². The van der Waals surface area contributed by atoms with Crippen molar-refractivity contribution in [1.82, 2.24) is 5.32 Å². The summed E-state index contributed by atoms with van der Waals surface area (Å²) in [6.07, 6.45) is 3.44. The maximum Gasteiger partial charge on any atom is 0.323 e. The minimum atomic E-state index is -0.347. The van der Waals surface area contributed by atoms with Crippen molar-refractivity contribution in [3.8, 4) is 0 Å². The summed E-state index contributed by atoms with van der Waals surface area (Å²) in [5.41, 5.74) is 5.03. The average molecular weight is 425 g/mol. The molecule has 1 saturated heterocycles. The van der Waals surface area contributed by atoms with Crippen LogP contribution in [0.1, 0.15) is 40.7 Å². The van der Waals surface area contributed by atoms with E-state index in [2.05, 4.69) is 20.9 Å². The van der Waals surface area contributed by atoms with Crippen LogP contribution in [0.2, 0.25) is 0 Å². The van der Waals surface area contributed by atoms with Crippen molar-refractivity contribution >= 4 is 29.0 Å². The second kappa shape index (κ2) is 10.8. The van der Waals surface area contributed by atoms with E-state index < -0.39 is 0 Å². The van der Waals surface area contributed by atoms with Crippen LogP contribution in [-0.2, 0) is 4.74 Å². The monoisotopic (exact) mass is 424 g/mol. The molecule has 3 amide bonds. The molecule has 7 nitrogen and oxygen atoms in total. The van der Waals surface area contributed by atoms with Gasteiger partial charge >= 0.3 is 6.03 Å². The predicted octanol–water partition coefficient (Wildman–Crippen LogP) is 4.31. The molecule has 0 spiro atoms. The van der Waals surface area contributed by atoms with E-state index in [9.17, 15) is 9.59 Å². The highest BCUT2D eigenvalue weighted by molar-refractivity contribution is 6.04. The Morgan fingerprint density at radius 3 is 2.29 bits per heavy atom. The fraction of sp³-hybridized carbons (Fsp3) is 0.417. The highest BCUT2D eigenvalue weighted by Crippen LogP contribution is 2.27. The molecule has 1 aliphatic heterocycles. The van der Waals surface area contributed by atoms with Gasteiger partial charge in [-0.1, -0.05) is 6.07 Å². The number of nitrogens with zero attached hydrogens (tertiary/aromatic N) is 1. The summed E-state index contributed by atoms with van der Waals surface area (Å²) >= 11 is 0. The molecule has 0 atom stereocenters. The number of nitrogens with one attached hydrogen (secondary N) is 3. The first-order chi connectivity index (χ1) is 15.0. The molecule has 166 valence electrons. The maximum absolute atomic E-state index is 12.9. The lowest BCUT2D eigenvalue weighted by Crippen LogP contribution is -2.33. The average Bonchev–Trinajstić information content (AvgIpc) is 2.77. The highest BCUT2D eigenvalue weighted by atomic mass is 16.5.